The number of rotatable bonds is 3. The minimum absolute atomic E-state index is 0. The van der Waals surface area contributed by atoms with E-state index in [-0.39, 0.29) is 12.4 Å². The highest BCUT2D eigenvalue weighted by Gasteiger charge is 2.16. The summed E-state index contributed by atoms with van der Waals surface area (Å²) < 4.78 is 10.7. The fraction of sp³-hybridized carbons (Fsp3) is 0.235. The van der Waals surface area contributed by atoms with E-state index < -0.39 is 0 Å². The number of ether oxygens (including phenoxy) is 2. The number of fused-ring (bicyclic) bond motifs is 1. The highest BCUT2D eigenvalue weighted by molar-refractivity contribution is 6.14. The van der Waals surface area contributed by atoms with Gasteiger partial charge < -0.3 is 9.47 Å². The van der Waals surface area contributed by atoms with Gasteiger partial charge in [-0.3, -0.25) is 4.99 Å². The zero-order valence-electron chi connectivity index (χ0n) is 12.1. The van der Waals surface area contributed by atoms with E-state index in [4.69, 9.17) is 14.5 Å². The van der Waals surface area contributed by atoms with Crippen molar-refractivity contribution in [3.05, 3.63) is 59.2 Å². The Morgan fingerprint density at radius 2 is 1.71 bits per heavy atom. The van der Waals surface area contributed by atoms with Crippen molar-refractivity contribution < 1.29 is 9.47 Å². The predicted molar refractivity (Wildman–Crippen MR) is 87.4 cm³/mol. The van der Waals surface area contributed by atoms with Gasteiger partial charge in [0.1, 0.15) is 0 Å². The number of aliphatic imine (C=N–C) groups is 1. The summed E-state index contributed by atoms with van der Waals surface area (Å²) in [7, 11) is 3.29. The smallest absolute Gasteiger partial charge is 0.161 e. The van der Waals surface area contributed by atoms with E-state index in [9.17, 15) is 0 Å². The van der Waals surface area contributed by atoms with E-state index in [1.54, 1.807) is 14.2 Å². The van der Waals surface area contributed by atoms with Crippen molar-refractivity contribution in [3.8, 4) is 11.5 Å². The SMILES string of the molecule is COc1ccc(C2=NCCc3ccccc32)cc1OC.Cl. The zero-order chi connectivity index (χ0) is 13.9. The van der Waals surface area contributed by atoms with E-state index >= 15 is 0 Å². The molecule has 3 nitrogen and oxygen atoms in total. The topological polar surface area (TPSA) is 30.8 Å². The Kier molecular flexibility index (Phi) is 4.86. The van der Waals surface area contributed by atoms with Crippen LogP contribution in [-0.4, -0.2) is 26.5 Å². The van der Waals surface area contributed by atoms with Crippen molar-refractivity contribution in [2.75, 3.05) is 20.8 Å². The summed E-state index contributed by atoms with van der Waals surface area (Å²) in [5.74, 6) is 1.47. The molecule has 0 N–H and O–H groups in total. The number of hydrogen-bond donors (Lipinski definition) is 0. The standard InChI is InChI=1S/C17H17NO2.ClH/c1-19-15-8-7-13(11-16(15)20-2)17-14-6-4-3-5-12(14)9-10-18-17;/h3-8,11H,9-10H2,1-2H3;1H. The van der Waals surface area contributed by atoms with Gasteiger partial charge in [0.15, 0.2) is 11.5 Å². The lowest BCUT2D eigenvalue weighted by Crippen LogP contribution is -2.14. The molecule has 0 bridgehead atoms. The number of methoxy groups -OCH3 is 2. The average molecular weight is 304 g/mol. The van der Waals surface area contributed by atoms with Gasteiger partial charge in [-0.25, -0.2) is 0 Å². The molecule has 0 atom stereocenters. The monoisotopic (exact) mass is 303 g/mol. The van der Waals surface area contributed by atoms with Crippen molar-refractivity contribution >= 4 is 18.1 Å². The molecule has 0 aliphatic carbocycles. The first-order valence-electron chi connectivity index (χ1n) is 6.68. The quantitative estimate of drug-likeness (QED) is 0.868. The zero-order valence-corrected chi connectivity index (χ0v) is 12.9. The van der Waals surface area contributed by atoms with Gasteiger partial charge in [0.2, 0.25) is 0 Å². The third-order valence-corrected chi connectivity index (χ3v) is 3.58. The van der Waals surface area contributed by atoms with Crippen LogP contribution in [0.4, 0.5) is 0 Å². The first-order valence-corrected chi connectivity index (χ1v) is 6.68. The molecule has 0 spiro atoms. The second kappa shape index (κ2) is 6.64. The Morgan fingerprint density at radius 3 is 2.48 bits per heavy atom. The molecule has 0 radical (unpaired) electrons. The first-order chi connectivity index (χ1) is 9.83. The lowest BCUT2D eigenvalue weighted by atomic mass is 9.93. The maximum atomic E-state index is 5.38. The van der Waals surface area contributed by atoms with E-state index in [0.29, 0.717) is 0 Å². The van der Waals surface area contributed by atoms with Crippen LogP contribution in [0.25, 0.3) is 0 Å². The molecule has 0 saturated carbocycles. The summed E-state index contributed by atoms with van der Waals surface area (Å²) in [6.07, 6.45) is 1.01. The summed E-state index contributed by atoms with van der Waals surface area (Å²) in [5, 5.41) is 0. The maximum Gasteiger partial charge on any atom is 0.161 e. The summed E-state index contributed by atoms with van der Waals surface area (Å²) in [4.78, 5) is 4.69. The largest absolute Gasteiger partial charge is 0.493 e. The van der Waals surface area contributed by atoms with E-state index in [2.05, 4.69) is 24.3 Å². The van der Waals surface area contributed by atoms with Crippen LogP contribution in [0, 0.1) is 0 Å². The number of hydrogen-bond acceptors (Lipinski definition) is 3. The third-order valence-electron chi connectivity index (χ3n) is 3.58. The Balaban J connectivity index is 0.00000161. The summed E-state index contributed by atoms with van der Waals surface area (Å²) in [6.45, 7) is 0.834. The molecule has 1 aliphatic rings. The highest BCUT2D eigenvalue weighted by Crippen LogP contribution is 2.30. The van der Waals surface area contributed by atoms with Crippen LogP contribution in [0.5, 0.6) is 11.5 Å². The molecule has 0 saturated heterocycles. The summed E-state index contributed by atoms with van der Waals surface area (Å²) in [5.41, 5.74) is 4.67. The minimum Gasteiger partial charge on any atom is -0.493 e. The van der Waals surface area contributed by atoms with Crippen LogP contribution < -0.4 is 9.47 Å². The van der Waals surface area contributed by atoms with E-state index in [0.717, 1.165) is 35.7 Å². The molecule has 110 valence electrons. The Labute approximate surface area is 131 Å². The molecule has 2 aromatic carbocycles. The number of benzene rings is 2. The predicted octanol–water partition coefficient (Wildman–Crippen LogP) is 3.52. The van der Waals surface area contributed by atoms with E-state index in [1.165, 1.54) is 11.1 Å². The van der Waals surface area contributed by atoms with Gasteiger partial charge in [0.25, 0.3) is 0 Å². The van der Waals surface area contributed by atoms with Gasteiger partial charge in [-0.2, -0.15) is 0 Å². The lowest BCUT2D eigenvalue weighted by Gasteiger charge is -2.18. The Bertz CT molecular complexity index is 668. The normalized spacial score (nSPS) is 12.8. The van der Waals surface area contributed by atoms with Crippen molar-refractivity contribution in [3.63, 3.8) is 0 Å². The molecule has 4 heteroatoms. The Morgan fingerprint density at radius 1 is 0.952 bits per heavy atom. The lowest BCUT2D eigenvalue weighted by molar-refractivity contribution is 0.355. The average Bonchev–Trinajstić information content (AvgIpc) is 2.53. The highest BCUT2D eigenvalue weighted by atomic mass is 35.5. The van der Waals surface area contributed by atoms with Crippen LogP contribution in [0.2, 0.25) is 0 Å². The third kappa shape index (κ3) is 2.88. The first kappa shape index (κ1) is 15.4. The molecular formula is C17H18ClNO2. The van der Waals surface area contributed by atoms with Crippen LogP contribution in [-0.2, 0) is 6.42 Å². The fourth-order valence-electron chi connectivity index (χ4n) is 2.57. The Hall–Kier alpha value is -2.00. The molecule has 21 heavy (non-hydrogen) atoms. The molecule has 0 fully saturated rings. The van der Waals surface area contributed by atoms with Gasteiger partial charge in [-0.15, -0.1) is 12.4 Å². The van der Waals surface area contributed by atoms with Crippen molar-refractivity contribution in [1.29, 1.82) is 0 Å². The van der Waals surface area contributed by atoms with Crippen LogP contribution in [0.1, 0.15) is 16.7 Å². The van der Waals surface area contributed by atoms with Gasteiger partial charge in [0, 0.05) is 17.7 Å². The second-order valence-electron chi connectivity index (χ2n) is 4.71. The van der Waals surface area contributed by atoms with E-state index in [1.807, 2.05) is 18.2 Å². The van der Waals surface area contributed by atoms with Crippen LogP contribution in [0.15, 0.2) is 47.5 Å². The van der Waals surface area contributed by atoms with Crippen molar-refractivity contribution in [2.45, 2.75) is 6.42 Å². The molecule has 3 rings (SSSR count). The van der Waals surface area contributed by atoms with Gasteiger partial charge in [-0.1, -0.05) is 24.3 Å². The van der Waals surface area contributed by atoms with Gasteiger partial charge in [0.05, 0.1) is 19.9 Å². The van der Waals surface area contributed by atoms with Crippen molar-refractivity contribution in [1.82, 2.24) is 0 Å². The maximum absolute atomic E-state index is 5.38. The fourth-order valence-corrected chi connectivity index (χ4v) is 2.57. The van der Waals surface area contributed by atoms with Gasteiger partial charge in [-0.05, 0) is 30.2 Å². The molecular weight excluding hydrogens is 286 g/mol. The molecule has 0 unspecified atom stereocenters. The molecule has 0 amide bonds. The molecule has 1 heterocycles. The van der Waals surface area contributed by atoms with Crippen LogP contribution in [0.3, 0.4) is 0 Å². The summed E-state index contributed by atoms with van der Waals surface area (Å²) in [6, 6.07) is 14.4. The molecule has 2 aromatic rings. The number of halogens is 1. The number of nitrogens with zero attached hydrogens (tertiary/aromatic N) is 1. The van der Waals surface area contributed by atoms with Crippen LogP contribution >= 0.6 is 12.4 Å². The van der Waals surface area contributed by atoms with Gasteiger partial charge >= 0.3 is 0 Å². The molecule has 0 aromatic heterocycles. The van der Waals surface area contributed by atoms with Crippen molar-refractivity contribution in [2.24, 2.45) is 4.99 Å². The minimum atomic E-state index is 0. The summed E-state index contributed by atoms with van der Waals surface area (Å²) >= 11 is 0. The second-order valence-corrected chi connectivity index (χ2v) is 4.71. The molecule has 1 aliphatic heterocycles.